The summed E-state index contributed by atoms with van der Waals surface area (Å²) >= 11 is 0. The molecule has 3 rings (SSSR count). The third kappa shape index (κ3) is 6.79. The van der Waals surface area contributed by atoms with Gasteiger partial charge in [0.25, 0.3) is 5.91 Å². The van der Waals surface area contributed by atoms with Gasteiger partial charge in [0, 0.05) is 29.0 Å². The summed E-state index contributed by atoms with van der Waals surface area (Å²) in [6, 6.07) is 14.8. The van der Waals surface area contributed by atoms with Crippen LogP contribution < -0.4 is 20.7 Å². The van der Waals surface area contributed by atoms with Crippen LogP contribution in [-0.2, 0) is 4.79 Å². The highest BCUT2D eigenvalue weighted by Gasteiger charge is 2.16. The second-order valence-corrected chi connectivity index (χ2v) is 7.98. The maximum Gasteiger partial charge on any atom is 0.251 e. The Morgan fingerprint density at radius 2 is 1.73 bits per heavy atom. The normalized spacial score (nSPS) is 14.2. The topological polar surface area (TPSA) is 79.5 Å². The molecule has 1 aliphatic rings. The monoisotopic (exact) mass is 409 g/mol. The fraction of sp³-hybridized carbons (Fsp3) is 0.417. The van der Waals surface area contributed by atoms with E-state index < -0.39 is 0 Å². The number of nitrogens with one attached hydrogen (secondary N) is 3. The summed E-state index contributed by atoms with van der Waals surface area (Å²) in [5, 5.41) is 9.04. The van der Waals surface area contributed by atoms with Gasteiger partial charge in [0.15, 0.2) is 0 Å². The van der Waals surface area contributed by atoms with Crippen molar-refractivity contribution in [1.29, 1.82) is 0 Å². The molecule has 1 fully saturated rings. The summed E-state index contributed by atoms with van der Waals surface area (Å²) < 4.78 is 5.66. The standard InChI is InChI=1S/C24H31N3O3/c1-17(2)30-22-10-6-9-21(15-22)25-16-23(28)26-20-13-11-18(12-14-20)24(29)27-19-7-4-3-5-8-19/h6,9-15,17,19,25H,3-5,7-8,16H2,1-2H3,(H,26,28)(H,27,29). The first-order chi connectivity index (χ1) is 14.5. The van der Waals surface area contributed by atoms with E-state index in [1.807, 2.05) is 38.1 Å². The molecule has 6 nitrogen and oxygen atoms in total. The van der Waals surface area contributed by atoms with E-state index in [4.69, 9.17) is 4.74 Å². The number of rotatable bonds is 8. The number of carbonyl (C=O) groups is 2. The van der Waals surface area contributed by atoms with Crippen LogP contribution in [0.5, 0.6) is 5.75 Å². The van der Waals surface area contributed by atoms with Gasteiger partial charge < -0.3 is 20.7 Å². The van der Waals surface area contributed by atoms with Crippen molar-refractivity contribution >= 4 is 23.2 Å². The summed E-state index contributed by atoms with van der Waals surface area (Å²) in [4.78, 5) is 24.6. The average Bonchev–Trinajstić information content (AvgIpc) is 2.73. The second kappa shape index (κ2) is 10.7. The van der Waals surface area contributed by atoms with Crippen molar-refractivity contribution in [2.24, 2.45) is 0 Å². The molecule has 160 valence electrons. The first kappa shape index (κ1) is 21.7. The average molecular weight is 410 g/mol. The Kier molecular flexibility index (Phi) is 7.71. The molecule has 1 aliphatic carbocycles. The van der Waals surface area contributed by atoms with Crippen molar-refractivity contribution in [2.45, 2.75) is 58.1 Å². The highest BCUT2D eigenvalue weighted by atomic mass is 16.5. The number of ether oxygens (including phenoxy) is 1. The predicted octanol–water partition coefficient (Wildman–Crippen LogP) is 4.59. The van der Waals surface area contributed by atoms with Gasteiger partial charge in [0.05, 0.1) is 12.6 Å². The van der Waals surface area contributed by atoms with Crippen LogP contribution in [0.4, 0.5) is 11.4 Å². The van der Waals surface area contributed by atoms with E-state index in [9.17, 15) is 9.59 Å². The summed E-state index contributed by atoms with van der Waals surface area (Å²) in [5.74, 6) is 0.548. The fourth-order valence-electron chi connectivity index (χ4n) is 3.56. The molecule has 3 N–H and O–H groups in total. The van der Waals surface area contributed by atoms with Gasteiger partial charge in [-0.1, -0.05) is 25.3 Å². The van der Waals surface area contributed by atoms with Crippen molar-refractivity contribution in [3.8, 4) is 5.75 Å². The van der Waals surface area contributed by atoms with Crippen molar-refractivity contribution in [1.82, 2.24) is 5.32 Å². The van der Waals surface area contributed by atoms with E-state index >= 15 is 0 Å². The number of hydrogen-bond acceptors (Lipinski definition) is 4. The summed E-state index contributed by atoms with van der Waals surface area (Å²) in [5.41, 5.74) is 2.09. The Bertz CT molecular complexity index is 843. The number of amides is 2. The first-order valence-electron chi connectivity index (χ1n) is 10.7. The molecule has 0 unspecified atom stereocenters. The molecule has 6 heteroatoms. The van der Waals surface area contributed by atoms with Crippen LogP contribution in [0.25, 0.3) is 0 Å². The van der Waals surface area contributed by atoms with Crippen molar-refractivity contribution < 1.29 is 14.3 Å². The lowest BCUT2D eigenvalue weighted by Gasteiger charge is -2.22. The number of benzene rings is 2. The molecule has 30 heavy (non-hydrogen) atoms. The van der Waals surface area contributed by atoms with E-state index in [1.165, 1.54) is 19.3 Å². The lowest BCUT2D eigenvalue weighted by molar-refractivity contribution is -0.114. The largest absolute Gasteiger partial charge is 0.491 e. The SMILES string of the molecule is CC(C)Oc1cccc(NCC(=O)Nc2ccc(C(=O)NC3CCCCC3)cc2)c1. The van der Waals surface area contributed by atoms with E-state index in [0.29, 0.717) is 11.3 Å². The van der Waals surface area contributed by atoms with Crippen molar-refractivity contribution in [3.05, 3.63) is 54.1 Å². The van der Waals surface area contributed by atoms with Gasteiger partial charge in [-0.05, 0) is 63.1 Å². The van der Waals surface area contributed by atoms with Gasteiger partial charge in [0.1, 0.15) is 5.75 Å². The molecule has 0 atom stereocenters. The van der Waals surface area contributed by atoms with Gasteiger partial charge in [-0.3, -0.25) is 9.59 Å². The zero-order chi connectivity index (χ0) is 21.3. The van der Waals surface area contributed by atoms with Crippen LogP contribution in [0, 0.1) is 0 Å². The summed E-state index contributed by atoms with van der Waals surface area (Å²) in [6.07, 6.45) is 5.82. The fourth-order valence-corrected chi connectivity index (χ4v) is 3.56. The van der Waals surface area contributed by atoms with Gasteiger partial charge in [-0.15, -0.1) is 0 Å². The minimum Gasteiger partial charge on any atom is -0.491 e. The van der Waals surface area contributed by atoms with Gasteiger partial charge in [-0.25, -0.2) is 0 Å². The number of carbonyl (C=O) groups excluding carboxylic acids is 2. The summed E-state index contributed by atoms with van der Waals surface area (Å²) in [7, 11) is 0. The van der Waals surface area contributed by atoms with Crippen LogP contribution >= 0.6 is 0 Å². The first-order valence-corrected chi connectivity index (χ1v) is 10.7. The maximum absolute atomic E-state index is 12.4. The van der Waals surface area contributed by atoms with E-state index in [2.05, 4.69) is 16.0 Å². The molecule has 0 spiro atoms. The third-order valence-electron chi connectivity index (χ3n) is 5.03. The Labute approximate surface area is 178 Å². The Balaban J connectivity index is 1.46. The minimum atomic E-state index is -0.162. The quantitative estimate of drug-likeness (QED) is 0.596. The van der Waals surface area contributed by atoms with Crippen molar-refractivity contribution in [2.75, 3.05) is 17.2 Å². The molecule has 0 aliphatic heterocycles. The van der Waals surface area contributed by atoms with Gasteiger partial charge in [-0.2, -0.15) is 0 Å². The van der Waals surface area contributed by atoms with Crippen LogP contribution in [0.15, 0.2) is 48.5 Å². The summed E-state index contributed by atoms with van der Waals surface area (Å²) in [6.45, 7) is 4.08. The number of anilines is 2. The van der Waals surface area contributed by atoms with Crippen LogP contribution in [0.1, 0.15) is 56.3 Å². The molecule has 2 aromatic rings. The van der Waals surface area contributed by atoms with E-state index in [0.717, 1.165) is 24.3 Å². The van der Waals surface area contributed by atoms with E-state index in [1.54, 1.807) is 24.3 Å². The van der Waals surface area contributed by atoms with Crippen molar-refractivity contribution in [3.63, 3.8) is 0 Å². The lowest BCUT2D eigenvalue weighted by atomic mass is 9.95. The molecular weight excluding hydrogens is 378 g/mol. The maximum atomic E-state index is 12.4. The minimum absolute atomic E-state index is 0.0510. The Morgan fingerprint density at radius 1 is 1.00 bits per heavy atom. The molecule has 0 heterocycles. The van der Waals surface area contributed by atoms with Crippen LogP contribution in [-0.4, -0.2) is 30.5 Å². The second-order valence-electron chi connectivity index (χ2n) is 7.98. The van der Waals surface area contributed by atoms with E-state index in [-0.39, 0.29) is 30.5 Å². The molecule has 2 aromatic carbocycles. The Morgan fingerprint density at radius 3 is 2.43 bits per heavy atom. The molecule has 0 radical (unpaired) electrons. The highest BCUT2D eigenvalue weighted by Crippen LogP contribution is 2.19. The molecule has 0 aromatic heterocycles. The molecular formula is C24H31N3O3. The van der Waals surface area contributed by atoms with Gasteiger partial charge in [0.2, 0.25) is 5.91 Å². The lowest BCUT2D eigenvalue weighted by Crippen LogP contribution is -2.36. The number of hydrogen-bond donors (Lipinski definition) is 3. The zero-order valence-corrected chi connectivity index (χ0v) is 17.7. The molecule has 2 amide bonds. The smallest absolute Gasteiger partial charge is 0.251 e. The van der Waals surface area contributed by atoms with Gasteiger partial charge >= 0.3 is 0 Å². The predicted molar refractivity (Wildman–Crippen MR) is 120 cm³/mol. The molecule has 0 saturated heterocycles. The third-order valence-corrected chi connectivity index (χ3v) is 5.03. The molecule has 0 bridgehead atoms. The zero-order valence-electron chi connectivity index (χ0n) is 17.7. The van der Waals surface area contributed by atoms with Crippen LogP contribution in [0.3, 0.4) is 0 Å². The van der Waals surface area contributed by atoms with Crippen LogP contribution in [0.2, 0.25) is 0 Å². The highest BCUT2D eigenvalue weighted by molar-refractivity contribution is 5.96. The Hall–Kier alpha value is -3.02. The molecule has 1 saturated carbocycles.